The van der Waals surface area contributed by atoms with Crippen LogP contribution in [0.1, 0.15) is 35.7 Å². The molecule has 0 saturated carbocycles. The lowest BCUT2D eigenvalue weighted by atomic mass is 10.1. The Labute approximate surface area is 107 Å². The molecular weight excluding hydrogens is 238 g/mol. The van der Waals surface area contributed by atoms with Gasteiger partial charge in [0.25, 0.3) is 5.91 Å². The summed E-state index contributed by atoms with van der Waals surface area (Å²) in [5.41, 5.74) is 1.51. The molecule has 0 radical (unpaired) electrons. The van der Waals surface area contributed by atoms with Crippen LogP contribution in [0.4, 0.5) is 0 Å². The average molecular weight is 256 g/mol. The van der Waals surface area contributed by atoms with Gasteiger partial charge in [-0.3, -0.25) is 4.79 Å². The van der Waals surface area contributed by atoms with Crippen molar-refractivity contribution in [1.82, 2.24) is 5.32 Å². The van der Waals surface area contributed by atoms with Crippen LogP contribution >= 0.6 is 11.6 Å². The quantitative estimate of drug-likeness (QED) is 0.795. The molecule has 0 bridgehead atoms. The Bertz CT molecular complexity index is 391. The van der Waals surface area contributed by atoms with E-state index in [1.54, 1.807) is 25.1 Å². The van der Waals surface area contributed by atoms with E-state index in [0.29, 0.717) is 23.6 Å². The zero-order chi connectivity index (χ0) is 12.8. The summed E-state index contributed by atoms with van der Waals surface area (Å²) in [6.07, 6.45) is 1.15. The third kappa shape index (κ3) is 4.75. The lowest BCUT2D eigenvalue weighted by molar-refractivity contribution is 0.0949. The second-order valence-electron chi connectivity index (χ2n) is 4.21. The van der Waals surface area contributed by atoms with Gasteiger partial charge in [-0.1, -0.05) is 11.6 Å². The van der Waals surface area contributed by atoms with E-state index >= 15 is 0 Å². The summed E-state index contributed by atoms with van der Waals surface area (Å²) in [4.78, 5) is 11.8. The number of carbonyl (C=O) groups excluding carboxylic acids is 1. The van der Waals surface area contributed by atoms with Crippen molar-refractivity contribution in [3.63, 3.8) is 0 Å². The number of benzene rings is 1. The summed E-state index contributed by atoms with van der Waals surface area (Å²) in [6.45, 7) is 4.17. The zero-order valence-corrected chi connectivity index (χ0v) is 10.9. The molecule has 2 N–H and O–H groups in total. The Balaban J connectivity index is 2.47. The first-order valence-electron chi connectivity index (χ1n) is 5.73. The molecule has 4 heteroatoms. The fraction of sp³-hybridized carbons (Fsp3) is 0.462. The van der Waals surface area contributed by atoms with E-state index in [4.69, 9.17) is 16.7 Å². The van der Waals surface area contributed by atoms with Crippen LogP contribution in [0.2, 0.25) is 5.02 Å². The minimum atomic E-state index is -0.316. The van der Waals surface area contributed by atoms with Crippen molar-refractivity contribution in [2.75, 3.05) is 6.54 Å². The number of aliphatic hydroxyl groups is 1. The maximum atomic E-state index is 11.8. The number of hydrogen-bond acceptors (Lipinski definition) is 2. The van der Waals surface area contributed by atoms with Gasteiger partial charge in [-0.2, -0.15) is 0 Å². The van der Waals surface area contributed by atoms with Crippen molar-refractivity contribution in [3.8, 4) is 0 Å². The van der Waals surface area contributed by atoms with Crippen LogP contribution in [0.5, 0.6) is 0 Å². The fourth-order valence-electron chi connectivity index (χ4n) is 1.58. The maximum Gasteiger partial charge on any atom is 0.251 e. The highest BCUT2D eigenvalue weighted by atomic mass is 35.5. The second kappa shape index (κ2) is 6.62. The predicted octanol–water partition coefficient (Wildman–Crippen LogP) is 2.54. The van der Waals surface area contributed by atoms with Crippen LogP contribution < -0.4 is 5.32 Å². The van der Waals surface area contributed by atoms with Gasteiger partial charge in [-0.25, -0.2) is 0 Å². The average Bonchev–Trinajstić information content (AvgIpc) is 2.23. The normalized spacial score (nSPS) is 12.2. The third-order valence-electron chi connectivity index (χ3n) is 2.52. The zero-order valence-electron chi connectivity index (χ0n) is 10.2. The van der Waals surface area contributed by atoms with Crippen molar-refractivity contribution >= 4 is 17.5 Å². The highest BCUT2D eigenvalue weighted by Crippen LogP contribution is 2.14. The lowest BCUT2D eigenvalue weighted by Crippen LogP contribution is -2.25. The molecular formula is C13H18ClNO2. The van der Waals surface area contributed by atoms with Gasteiger partial charge in [0.1, 0.15) is 0 Å². The number of carbonyl (C=O) groups is 1. The molecule has 17 heavy (non-hydrogen) atoms. The van der Waals surface area contributed by atoms with Crippen LogP contribution in [0.25, 0.3) is 0 Å². The van der Waals surface area contributed by atoms with E-state index in [9.17, 15) is 4.79 Å². The molecule has 1 amide bonds. The Morgan fingerprint density at radius 2 is 2.24 bits per heavy atom. The summed E-state index contributed by atoms with van der Waals surface area (Å²) in [6, 6.07) is 5.20. The first-order valence-corrected chi connectivity index (χ1v) is 6.11. The van der Waals surface area contributed by atoms with Gasteiger partial charge in [0, 0.05) is 17.1 Å². The smallest absolute Gasteiger partial charge is 0.251 e. The van der Waals surface area contributed by atoms with Crippen LogP contribution in [0, 0.1) is 6.92 Å². The maximum absolute atomic E-state index is 11.8. The third-order valence-corrected chi connectivity index (χ3v) is 2.75. The van der Waals surface area contributed by atoms with E-state index in [0.717, 1.165) is 12.0 Å². The summed E-state index contributed by atoms with van der Waals surface area (Å²) in [7, 11) is 0. The second-order valence-corrected chi connectivity index (χ2v) is 4.64. The molecule has 0 saturated heterocycles. The summed E-state index contributed by atoms with van der Waals surface area (Å²) >= 11 is 5.82. The number of nitrogens with one attached hydrogen (secondary N) is 1. The van der Waals surface area contributed by atoms with Gasteiger partial charge in [0.2, 0.25) is 0 Å². The number of hydrogen-bond donors (Lipinski definition) is 2. The molecule has 0 aliphatic rings. The van der Waals surface area contributed by atoms with Gasteiger partial charge in [-0.05, 0) is 50.5 Å². The predicted molar refractivity (Wildman–Crippen MR) is 69.4 cm³/mol. The van der Waals surface area contributed by atoms with Gasteiger partial charge >= 0.3 is 0 Å². The molecule has 0 aliphatic heterocycles. The number of amides is 1. The van der Waals surface area contributed by atoms with E-state index in [1.807, 2.05) is 6.92 Å². The monoisotopic (exact) mass is 255 g/mol. The molecule has 0 aromatic heterocycles. The summed E-state index contributed by atoms with van der Waals surface area (Å²) in [5.74, 6) is -0.0928. The van der Waals surface area contributed by atoms with E-state index in [-0.39, 0.29) is 12.0 Å². The molecule has 0 fully saturated rings. The molecule has 94 valence electrons. The van der Waals surface area contributed by atoms with E-state index in [1.165, 1.54) is 0 Å². The Morgan fingerprint density at radius 3 is 2.82 bits per heavy atom. The lowest BCUT2D eigenvalue weighted by Gasteiger charge is -2.08. The number of rotatable bonds is 5. The van der Waals surface area contributed by atoms with Crippen LogP contribution in [-0.2, 0) is 0 Å². The molecule has 3 nitrogen and oxygen atoms in total. The first-order chi connectivity index (χ1) is 8.00. The van der Waals surface area contributed by atoms with Crippen LogP contribution in [-0.4, -0.2) is 23.7 Å². The fourth-order valence-corrected chi connectivity index (χ4v) is 1.80. The van der Waals surface area contributed by atoms with Crippen molar-refractivity contribution < 1.29 is 9.90 Å². The van der Waals surface area contributed by atoms with Crippen molar-refractivity contribution in [2.45, 2.75) is 32.8 Å². The highest BCUT2D eigenvalue weighted by molar-refractivity contribution is 6.30. The van der Waals surface area contributed by atoms with E-state index in [2.05, 4.69) is 5.32 Å². The van der Waals surface area contributed by atoms with Crippen molar-refractivity contribution in [2.24, 2.45) is 0 Å². The Morgan fingerprint density at radius 1 is 1.53 bits per heavy atom. The molecule has 1 aromatic rings. The molecule has 0 spiro atoms. The molecule has 0 aliphatic carbocycles. The molecule has 1 aromatic carbocycles. The van der Waals surface area contributed by atoms with Crippen LogP contribution in [0.15, 0.2) is 18.2 Å². The topological polar surface area (TPSA) is 49.3 Å². The van der Waals surface area contributed by atoms with Gasteiger partial charge in [0.05, 0.1) is 6.10 Å². The molecule has 1 unspecified atom stereocenters. The van der Waals surface area contributed by atoms with Gasteiger partial charge in [-0.15, -0.1) is 0 Å². The summed E-state index contributed by atoms with van der Waals surface area (Å²) < 4.78 is 0. The molecule has 1 atom stereocenters. The highest BCUT2D eigenvalue weighted by Gasteiger charge is 2.08. The largest absolute Gasteiger partial charge is 0.393 e. The minimum Gasteiger partial charge on any atom is -0.393 e. The SMILES string of the molecule is Cc1cc(Cl)ccc1C(=O)NCCCC(C)O. The Kier molecular flexibility index (Phi) is 5.45. The Hall–Kier alpha value is -1.06. The number of halogens is 1. The standard InChI is InChI=1S/C13H18ClNO2/c1-9-8-11(14)5-6-12(9)13(17)15-7-3-4-10(2)16/h5-6,8,10,16H,3-4,7H2,1-2H3,(H,15,17). The van der Waals surface area contributed by atoms with Crippen LogP contribution in [0.3, 0.4) is 0 Å². The van der Waals surface area contributed by atoms with E-state index < -0.39 is 0 Å². The minimum absolute atomic E-state index is 0.0928. The molecule has 0 heterocycles. The first kappa shape index (κ1) is 14.0. The van der Waals surface area contributed by atoms with Gasteiger partial charge < -0.3 is 10.4 Å². The molecule has 1 rings (SSSR count). The number of aryl methyl sites for hydroxylation is 1. The number of aliphatic hydroxyl groups excluding tert-OH is 1. The van der Waals surface area contributed by atoms with Crippen molar-refractivity contribution in [1.29, 1.82) is 0 Å². The van der Waals surface area contributed by atoms with Gasteiger partial charge in [0.15, 0.2) is 0 Å². The summed E-state index contributed by atoms with van der Waals surface area (Å²) in [5, 5.41) is 12.5. The van der Waals surface area contributed by atoms with Crippen molar-refractivity contribution in [3.05, 3.63) is 34.3 Å².